The van der Waals surface area contributed by atoms with E-state index in [4.69, 9.17) is 11.6 Å². The van der Waals surface area contributed by atoms with Gasteiger partial charge in [-0.25, -0.2) is 17.9 Å². The van der Waals surface area contributed by atoms with E-state index in [2.05, 4.69) is 14.8 Å². The Labute approximate surface area is 116 Å². The molecule has 1 aliphatic heterocycles. The summed E-state index contributed by atoms with van der Waals surface area (Å²) in [6.45, 7) is 1.21. The van der Waals surface area contributed by atoms with Crippen molar-refractivity contribution in [2.24, 2.45) is 0 Å². The molecule has 8 heteroatoms. The van der Waals surface area contributed by atoms with Gasteiger partial charge in [-0.05, 0) is 18.2 Å². The average Bonchev–Trinajstić information content (AvgIpc) is 2.33. The first kappa shape index (κ1) is 14.3. The third-order valence-corrected chi connectivity index (χ3v) is 4.59. The van der Waals surface area contributed by atoms with Gasteiger partial charge in [-0.1, -0.05) is 11.6 Å². The van der Waals surface area contributed by atoms with Crippen LogP contribution in [0.1, 0.15) is 10.4 Å². The second-order valence-electron chi connectivity index (χ2n) is 4.11. The molecule has 1 aromatic carbocycles. The molecule has 1 heterocycles. The zero-order valence-corrected chi connectivity index (χ0v) is 11.7. The second-order valence-corrected chi connectivity index (χ2v) is 6.23. The number of nitrogens with one attached hydrogen (secondary N) is 2. The molecule has 0 aromatic heterocycles. The van der Waals surface area contributed by atoms with Crippen molar-refractivity contribution in [1.82, 2.24) is 10.0 Å². The smallest absolute Gasteiger partial charge is 0.339 e. The highest BCUT2D eigenvalue weighted by molar-refractivity contribution is 7.89. The number of rotatable bonds is 4. The molecule has 0 atom stereocenters. The van der Waals surface area contributed by atoms with Crippen molar-refractivity contribution in [1.29, 1.82) is 0 Å². The molecule has 0 bridgehead atoms. The van der Waals surface area contributed by atoms with Gasteiger partial charge >= 0.3 is 5.97 Å². The van der Waals surface area contributed by atoms with Crippen LogP contribution >= 0.6 is 11.6 Å². The normalized spacial score (nSPS) is 15.9. The van der Waals surface area contributed by atoms with Crippen molar-refractivity contribution in [3.8, 4) is 0 Å². The van der Waals surface area contributed by atoms with Gasteiger partial charge in [0.1, 0.15) is 0 Å². The van der Waals surface area contributed by atoms with Gasteiger partial charge in [0, 0.05) is 19.1 Å². The summed E-state index contributed by atoms with van der Waals surface area (Å²) in [6.07, 6.45) is 0. The topological polar surface area (TPSA) is 84.5 Å². The van der Waals surface area contributed by atoms with Crippen molar-refractivity contribution < 1.29 is 17.9 Å². The molecule has 19 heavy (non-hydrogen) atoms. The van der Waals surface area contributed by atoms with E-state index < -0.39 is 16.0 Å². The Hall–Kier alpha value is -1.15. The van der Waals surface area contributed by atoms with Crippen LogP contribution in [-0.4, -0.2) is 40.6 Å². The number of ether oxygens (including phenoxy) is 1. The Morgan fingerprint density at radius 3 is 2.63 bits per heavy atom. The number of benzene rings is 1. The van der Waals surface area contributed by atoms with Gasteiger partial charge in [0.05, 0.1) is 22.6 Å². The fourth-order valence-corrected chi connectivity index (χ4v) is 3.18. The van der Waals surface area contributed by atoms with Gasteiger partial charge in [0.2, 0.25) is 10.0 Å². The quantitative estimate of drug-likeness (QED) is 0.786. The molecule has 0 spiro atoms. The van der Waals surface area contributed by atoms with E-state index in [0.717, 1.165) is 0 Å². The molecule has 1 aliphatic rings. The van der Waals surface area contributed by atoms with Crippen molar-refractivity contribution >= 4 is 27.6 Å². The first-order valence-electron chi connectivity index (χ1n) is 5.55. The van der Waals surface area contributed by atoms with E-state index in [1.165, 1.54) is 25.3 Å². The van der Waals surface area contributed by atoms with Crippen LogP contribution < -0.4 is 10.0 Å². The van der Waals surface area contributed by atoms with E-state index in [0.29, 0.717) is 13.1 Å². The molecule has 1 saturated heterocycles. The van der Waals surface area contributed by atoms with Crippen LogP contribution in [0.5, 0.6) is 0 Å². The monoisotopic (exact) mass is 304 g/mol. The van der Waals surface area contributed by atoms with E-state index in [9.17, 15) is 13.2 Å². The molecule has 0 aliphatic carbocycles. The molecular formula is C11H13ClN2O4S. The summed E-state index contributed by atoms with van der Waals surface area (Å²) < 4.78 is 31.1. The second kappa shape index (κ2) is 5.46. The Balaban J connectivity index is 2.25. The lowest BCUT2D eigenvalue weighted by atomic mass is 10.2. The van der Waals surface area contributed by atoms with Crippen LogP contribution in [0, 0.1) is 0 Å². The number of carbonyl (C=O) groups is 1. The molecule has 0 unspecified atom stereocenters. The SMILES string of the molecule is COC(=O)c1ccc(S(=O)(=O)NC2CNC2)cc1Cl. The van der Waals surface area contributed by atoms with Crippen molar-refractivity contribution in [2.45, 2.75) is 10.9 Å². The van der Waals surface area contributed by atoms with E-state index in [1.807, 2.05) is 0 Å². The number of sulfonamides is 1. The van der Waals surface area contributed by atoms with Crippen LogP contribution in [0.2, 0.25) is 5.02 Å². The lowest BCUT2D eigenvalue weighted by molar-refractivity contribution is 0.0601. The summed E-state index contributed by atoms with van der Waals surface area (Å²) >= 11 is 5.89. The highest BCUT2D eigenvalue weighted by Gasteiger charge is 2.25. The minimum absolute atomic E-state index is 0.0250. The maximum Gasteiger partial charge on any atom is 0.339 e. The van der Waals surface area contributed by atoms with Crippen molar-refractivity contribution in [2.75, 3.05) is 20.2 Å². The predicted octanol–water partition coefficient (Wildman–Crippen LogP) is 0.377. The standard InChI is InChI=1S/C11H13ClN2O4S/c1-18-11(15)9-3-2-8(4-10(9)12)19(16,17)14-7-5-13-6-7/h2-4,7,13-14H,5-6H2,1H3. The summed E-state index contributed by atoms with van der Waals surface area (Å²) in [6, 6.07) is 3.79. The van der Waals surface area contributed by atoms with E-state index in [1.54, 1.807) is 0 Å². The number of carbonyl (C=O) groups excluding carboxylic acids is 1. The van der Waals surface area contributed by atoms with Gasteiger partial charge in [-0.15, -0.1) is 0 Å². The zero-order valence-electron chi connectivity index (χ0n) is 10.1. The minimum atomic E-state index is -3.62. The molecule has 0 amide bonds. The highest BCUT2D eigenvalue weighted by atomic mass is 35.5. The van der Waals surface area contributed by atoms with Gasteiger partial charge in [0.25, 0.3) is 0 Å². The molecule has 1 aromatic rings. The van der Waals surface area contributed by atoms with Crippen LogP contribution in [0.15, 0.2) is 23.1 Å². The lowest BCUT2D eigenvalue weighted by Gasteiger charge is -2.27. The van der Waals surface area contributed by atoms with Crippen molar-refractivity contribution in [3.63, 3.8) is 0 Å². The van der Waals surface area contributed by atoms with Gasteiger partial charge in [-0.3, -0.25) is 0 Å². The van der Waals surface area contributed by atoms with Gasteiger partial charge in [-0.2, -0.15) is 0 Å². The van der Waals surface area contributed by atoms with Crippen LogP contribution in [0.25, 0.3) is 0 Å². The zero-order chi connectivity index (χ0) is 14.0. The largest absolute Gasteiger partial charge is 0.465 e. The molecular weight excluding hydrogens is 292 g/mol. The van der Waals surface area contributed by atoms with Crippen LogP contribution in [0.4, 0.5) is 0 Å². The third-order valence-electron chi connectivity index (χ3n) is 2.76. The summed E-state index contributed by atoms with van der Waals surface area (Å²) in [5.41, 5.74) is 0.133. The Kier molecular flexibility index (Phi) is 4.10. The van der Waals surface area contributed by atoms with E-state index in [-0.39, 0.29) is 21.5 Å². The van der Waals surface area contributed by atoms with Crippen molar-refractivity contribution in [3.05, 3.63) is 28.8 Å². The van der Waals surface area contributed by atoms with Gasteiger partial charge in [0.15, 0.2) is 0 Å². The fourth-order valence-electron chi connectivity index (χ4n) is 1.60. The van der Waals surface area contributed by atoms with E-state index >= 15 is 0 Å². The summed E-state index contributed by atoms with van der Waals surface area (Å²) in [7, 11) is -2.39. The third kappa shape index (κ3) is 3.06. The molecule has 0 saturated carbocycles. The average molecular weight is 305 g/mol. The van der Waals surface area contributed by atoms with Crippen LogP contribution in [0.3, 0.4) is 0 Å². The maximum absolute atomic E-state index is 12.0. The Morgan fingerprint density at radius 2 is 2.16 bits per heavy atom. The molecule has 6 nitrogen and oxygen atoms in total. The summed E-state index contributed by atoms with van der Waals surface area (Å²) in [4.78, 5) is 11.4. The minimum Gasteiger partial charge on any atom is -0.465 e. The molecule has 0 radical (unpaired) electrons. The number of halogens is 1. The highest BCUT2D eigenvalue weighted by Crippen LogP contribution is 2.21. The predicted molar refractivity (Wildman–Crippen MR) is 69.8 cm³/mol. The number of hydrogen-bond acceptors (Lipinski definition) is 5. The first-order chi connectivity index (χ1) is 8.94. The number of esters is 1. The van der Waals surface area contributed by atoms with Crippen LogP contribution in [-0.2, 0) is 14.8 Å². The lowest BCUT2D eigenvalue weighted by Crippen LogP contribution is -2.56. The first-order valence-corrected chi connectivity index (χ1v) is 7.41. The summed E-state index contributed by atoms with van der Waals surface area (Å²) in [5.74, 6) is -0.606. The summed E-state index contributed by atoms with van der Waals surface area (Å²) in [5, 5.41) is 3.01. The molecule has 2 N–H and O–H groups in total. The van der Waals surface area contributed by atoms with Gasteiger partial charge < -0.3 is 10.1 Å². The number of hydrogen-bond donors (Lipinski definition) is 2. The Bertz CT molecular complexity index is 599. The molecule has 104 valence electrons. The maximum atomic E-state index is 12.0. The molecule has 1 fully saturated rings. The fraction of sp³-hybridized carbons (Fsp3) is 0.364. The molecule has 2 rings (SSSR count). The number of methoxy groups -OCH3 is 1. The Morgan fingerprint density at radius 1 is 1.47 bits per heavy atom.